The first-order valence-electron chi connectivity index (χ1n) is 14.2. The number of nitrogens with one attached hydrogen (secondary N) is 3. The summed E-state index contributed by atoms with van der Waals surface area (Å²) < 4.78 is 26.8. The number of hydrogen-bond acceptors (Lipinski definition) is 15. The van der Waals surface area contributed by atoms with Crippen molar-refractivity contribution in [1.29, 1.82) is 0 Å². The normalized spacial score (nSPS) is 21.2. The maximum atomic E-state index is 12.6. The number of alkyl carbamates (subject to hydrolysis) is 1. The lowest BCUT2D eigenvalue weighted by Gasteiger charge is -2.44. The molecule has 18 nitrogen and oxygen atoms in total. The minimum absolute atomic E-state index is 0.0836. The van der Waals surface area contributed by atoms with Crippen molar-refractivity contribution in [2.75, 3.05) is 52.6 Å². The number of aliphatic hydroxyl groups excluding tert-OH is 1. The second-order valence-corrected chi connectivity index (χ2v) is 9.90. The SMILES string of the molecule is CC(=O)NC1C(OC(C)=O)[C@@H](OC(C)=O)C(COC(C)=O)O[C@H]1OC(=O)NCCCN(O)CCCN(CO)CCCNC=O. The zero-order valence-electron chi connectivity index (χ0n) is 25.5. The maximum Gasteiger partial charge on any atom is 0.409 e. The third kappa shape index (κ3) is 15.8. The van der Waals surface area contributed by atoms with Crippen LogP contribution >= 0.6 is 0 Å². The van der Waals surface area contributed by atoms with E-state index >= 15 is 0 Å². The first kappa shape index (κ1) is 38.4. The summed E-state index contributed by atoms with van der Waals surface area (Å²) in [4.78, 5) is 71.8. The average Bonchev–Trinajstić information content (AvgIpc) is 2.93. The molecule has 1 saturated heterocycles. The number of amides is 3. The van der Waals surface area contributed by atoms with E-state index in [0.717, 1.165) is 25.8 Å². The van der Waals surface area contributed by atoms with Crippen LogP contribution in [0.4, 0.5) is 4.79 Å². The van der Waals surface area contributed by atoms with Crippen molar-refractivity contribution in [3.63, 3.8) is 0 Å². The van der Waals surface area contributed by atoms with Gasteiger partial charge in [0, 0.05) is 67.0 Å². The number of hydrogen-bond donors (Lipinski definition) is 5. The molecule has 5 atom stereocenters. The van der Waals surface area contributed by atoms with E-state index in [-0.39, 0.29) is 19.8 Å². The summed E-state index contributed by atoms with van der Waals surface area (Å²) in [6.45, 7) is 6.13. The standard InChI is InChI=1S/C26H45N5O13/c1-17(34)29-22-24(42-20(4)37)23(41-19(3)36)21(14-40-18(2)35)43-25(22)44-26(38)28-9-6-12-31(39)13-7-11-30(16-33)10-5-8-27-15-32/h15,21-25,33,39H,5-14,16H2,1-4H3,(H,27,32)(H,28,38)(H,29,34)/t21?,22?,23-,24?,25-/m0/s1. The van der Waals surface area contributed by atoms with E-state index in [4.69, 9.17) is 23.7 Å². The smallest absolute Gasteiger partial charge is 0.409 e. The quantitative estimate of drug-likeness (QED) is 0.0249. The van der Waals surface area contributed by atoms with E-state index in [2.05, 4.69) is 16.0 Å². The Morgan fingerprint density at radius 1 is 0.841 bits per heavy atom. The lowest BCUT2D eigenvalue weighted by molar-refractivity contribution is -0.263. The van der Waals surface area contributed by atoms with Crippen LogP contribution in [0.25, 0.3) is 0 Å². The van der Waals surface area contributed by atoms with Gasteiger partial charge >= 0.3 is 24.0 Å². The Bertz CT molecular complexity index is 940. The summed E-state index contributed by atoms with van der Waals surface area (Å²) in [5.41, 5.74) is 0. The van der Waals surface area contributed by atoms with E-state index in [1.807, 2.05) is 0 Å². The Labute approximate surface area is 255 Å². The molecule has 252 valence electrons. The number of nitrogens with zero attached hydrogens (tertiary/aromatic N) is 2. The van der Waals surface area contributed by atoms with Gasteiger partial charge < -0.3 is 49.9 Å². The molecule has 5 N–H and O–H groups in total. The van der Waals surface area contributed by atoms with E-state index in [1.54, 1.807) is 4.90 Å². The zero-order chi connectivity index (χ0) is 33.1. The molecule has 1 rings (SSSR count). The van der Waals surface area contributed by atoms with Gasteiger partial charge in [0.2, 0.25) is 18.6 Å². The number of hydroxylamine groups is 2. The van der Waals surface area contributed by atoms with Gasteiger partial charge in [0.15, 0.2) is 12.2 Å². The number of esters is 3. The molecule has 44 heavy (non-hydrogen) atoms. The molecule has 0 radical (unpaired) electrons. The van der Waals surface area contributed by atoms with Crippen LogP contribution in [0.3, 0.4) is 0 Å². The second-order valence-electron chi connectivity index (χ2n) is 9.90. The highest BCUT2D eigenvalue weighted by Gasteiger charge is 2.52. The fraction of sp³-hybridized carbons (Fsp3) is 0.769. The molecule has 3 unspecified atom stereocenters. The van der Waals surface area contributed by atoms with Crippen molar-refractivity contribution >= 4 is 36.3 Å². The van der Waals surface area contributed by atoms with Gasteiger partial charge in [-0.1, -0.05) is 0 Å². The summed E-state index contributed by atoms with van der Waals surface area (Å²) in [5, 5.41) is 28.2. The van der Waals surface area contributed by atoms with Crippen molar-refractivity contribution in [2.45, 2.75) is 77.6 Å². The van der Waals surface area contributed by atoms with E-state index < -0.39 is 67.2 Å². The third-order valence-corrected chi connectivity index (χ3v) is 6.13. The van der Waals surface area contributed by atoms with Crippen LogP contribution in [0.2, 0.25) is 0 Å². The summed E-state index contributed by atoms with van der Waals surface area (Å²) in [5.74, 6) is -2.83. The fourth-order valence-electron chi connectivity index (χ4n) is 4.30. The number of carbonyl (C=O) groups is 6. The molecule has 3 amide bonds. The van der Waals surface area contributed by atoms with Crippen molar-refractivity contribution in [3.05, 3.63) is 0 Å². The highest BCUT2D eigenvalue weighted by molar-refractivity contribution is 5.74. The molecule has 18 heteroatoms. The maximum absolute atomic E-state index is 12.6. The lowest BCUT2D eigenvalue weighted by atomic mass is 9.96. The van der Waals surface area contributed by atoms with Crippen LogP contribution in [0.1, 0.15) is 47.0 Å². The summed E-state index contributed by atoms with van der Waals surface area (Å²) in [6, 6.07) is -1.30. The van der Waals surface area contributed by atoms with Gasteiger partial charge in [-0.15, -0.1) is 0 Å². The summed E-state index contributed by atoms with van der Waals surface area (Å²) >= 11 is 0. The summed E-state index contributed by atoms with van der Waals surface area (Å²) in [7, 11) is 0. The first-order valence-corrected chi connectivity index (χ1v) is 14.2. The Morgan fingerprint density at radius 2 is 1.45 bits per heavy atom. The number of rotatable bonds is 20. The predicted molar refractivity (Wildman–Crippen MR) is 148 cm³/mol. The predicted octanol–water partition coefficient (Wildman–Crippen LogP) is -1.77. The van der Waals surface area contributed by atoms with Crippen LogP contribution in [-0.4, -0.2) is 140 Å². The molecule has 0 aromatic heterocycles. The summed E-state index contributed by atoms with van der Waals surface area (Å²) in [6.07, 6.45) is -4.26. The van der Waals surface area contributed by atoms with Gasteiger partial charge in [0.05, 0.1) is 6.73 Å². The highest BCUT2D eigenvalue weighted by Crippen LogP contribution is 2.28. The van der Waals surface area contributed by atoms with Crippen LogP contribution in [0, 0.1) is 0 Å². The van der Waals surface area contributed by atoms with Crippen molar-refractivity contribution in [1.82, 2.24) is 25.9 Å². The Kier molecular flexibility index (Phi) is 18.5. The molecule has 1 fully saturated rings. The van der Waals surface area contributed by atoms with E-state index in [9.17, 15) is 39.1 Å². The fourth-order valence-corrected chi connectivity index (χ4v) is 4.30. The lowest BCUT2D eigenvalue weighted by Crippen LogP contribution is -2.67. The van der Waals surface area contributed by atoms with Crippen molar-refractivity contribution < 1.29 is 62.8 Å². The Morgan fingerprint density at radius 3 is 2.05 bits per heavy atom. The van der Waals surface area contributed by atoms with Gasteiger partial charge in [-0.2, -0.15) is 5.06 Å². The first-order chi connectivity index (χ1) is 20.9. The largest absolute Gasteiger partial charge is 0.463 e. The Hall–Kier alpha value is -3.58. The zero-order valence-corrected chi connectivity index (χ0v) is 25.5. The molecule has 0 bridgehead atoms. The number of aliphatic hydroxyl groups is 1. The van der Waals surface area contributed by atoms with Crippen LogP contribution in [0.5, 0.6) is 0 Å². The van der Waals surface area contributed by atoms with Gasteiger partial charge in [-0.3, -0.25) is 28.9 Å². The monoisotopic (exact) mass is 635 g/mol. The van der Waals surface area contributed by atoms with E-state index in [0.29, 0.717) is 51.9 Å². The molecular formula is C26H45N5O13. The molecule has 1 aliphatic heterocycles. The molecular weight excluding hydrogens is 590 g/mol. The Balaban J connectivity index is 2.72. The third-order valence-electron chi connectivity index (χ3n) is 6.13. The van der Waals surface area contributed by atoms with Crippen LogP contribution < -0.4 is 16.0 Å². The minimum Gasteiger partial charge on any atom is -0.463 e. The topological polar surface area (TPSA) is 232 Å². The average molecular weight is 636 g/mol. The van der Waals surface area contributed by atoms with Crippen molar-refractivity contribution in [2.24, 2.45) is 0 Å². The van der Waals surface area contributed by atoms with Crippen LogP contribution in [0.15, 0.2) is 0 Å². The number of ether oxygens (including phenoxy) is 5. The second kappa shape index (κ2) is 21.2. The molecule has 0 aliphatic carbocycles. The van der Waals surface area contributed by atoms with Gasteiger partial charge in [-0.05, 0) is 19.3 Å². The molecule has 0 spiro atoms. The number of carbonyl (C=O) groups excluding carboxylic acids is 6. The highest BCUT2D eigenvalue weighted by atomic mass is 16.7. The minimum atomic E-state index is -1.55. The molecule has 1 heterocycles. The molecule has 0 saturated carbocycles. The molecule has 1 aliphatic rings. The van der Waals surface area contributed by atoms with Crippen molar-refractivity contribution in [3.8, 4) is 0 Å². The van der Waals surface area contributed by atoms with Gasteiger partial charge in [0.25, 0.3) is 0 Å². The van der Waals surface area contributed by atoms with E-state index in [1.165, 1.54) is 6.92 Å². The molecule has 0 aromatic carbocycles. The molecule has 0 aromatic rings. The van der Waals surface area contributed by atoms with Gasteiger partial charge in [0.1, 0.15) is 18.8 Å². The van der Waals surface area contributed by atoms with Gasteiger partial charge in [-0.25, -0.2) is 4.79 Å². The van der Waals surface area contributed by atoms with Crippen LogP contribution in [-0.2, 0) is 47.7 Å².